The van der Waals surface area contributed by atoms with Crippen LogP contribution in [0.15, 0.2) is 57.8 Å². The summed E-state index contributed by atoms with van der Waals surface area (Å²) in [6.45, 7) is 5.97. The molecule has 0 spiro atoms. The van der Waals surface area contributed by atoms with E-state index in [1.165, 1.54) is 12.1 Å². The molecule has 0 saturated carbocycles. The van der Waals surface area contributed by atoms with Crippen LogP contribution in [-0.2, 0) is 15.3 Å². The van der Waals surface area contributed by atoms with Crippen molar-refractivity contribution in [2.75, 3.05) is 6.26 Å². The van der Waals surface area contributed by atoms with Crippen molar-refractivity contribution in [1.82, 2.24) is 4.98 Å². The van der Waals surface area contributed by atoms with Gasteiger partial charge in [-0.2, -0.15) is 0 Å². The van der Waals surface area contributed by atoms with Crippen LogP contribution in [0.1, 0.15) is 26.7 Å². The Hall–Kier alpha value is -2.47. The second kappa shape index (κ2) is 6.36. The summed E-state index contributed by atoms with van der Waals surface area (Å²) in [4.78, 5) is 4.86. The maximum atomic E-state index is 13.3. The SMILES string of the molecule is CC(C)(C)c1nc(-c2ccc(F)cc2)c(-c2ccc(S(C)(=O)=O)cc2)o1. The lowest BCUT2D eigenvalue weighted by Gasteiger charge is -2.12. The Kier molecular flexibility index (Phi) is 4.48. The van der Waals surface area contributed by atoms with E-state index in [0.29, 0.717) is 22.9 Å². The van der Waals surface area contributed by atoms with Gasteiger partial charge in [-0.3, -0.25) is 0 Å². The Labute approximate surface area is 152 Å². The fraction of sp³-hybridized carbons (Fsp3) is 0.250. The van der Waals surface area contributed by atoms with Crippen LogP contribution in [0.3, 0.4) is 0 Å². The van der Waals surface area contributed by atoms with Crippen LogP contribution in [0.2, 0.25) is 0 Å². The molecule has 0 fully saturated rings. The molecule has 0 aliphatic carbocycles. The number of oxazole rings is 1. The third kappa shape index (κ3) is 3.70. The van der Waals surface area contributed by atoms with Crippen LogP contribution in [-0.4, -0.2) is 19.7 Å². The highest BCUT2D eigenvalue weighted by molar-refractivity contribution is 7.90. The van der Waals surface area contributed by atoms with Gasteiger partial charge in [-0.05, 0) is 48.5 Å². The van der Waals surface area contributed by atoms with Gasteiger partial charge in [-0.25, -0.2) is 17.8 Å². The summed E-state index contributed by atoms with van der Waals surface area (Å²) in [6.07, 6.45) is 1.16. The van der Waals surface area contributed by atoms with Gasteiger partial charge in [0.15, 0.2) is 15.6 Å². The van der Waals surface area contributed by atoms with Gasteiger partial charge in [0.05, 0.1) is 4.90 Å². The predicted molar refractivity (Wildman–Crippen MR) is 99.1 cm³/mol. The molecule has 0 amide bonds. The normalized spacial score (nSPS) is 12.3. The van der Waals surface area contributed by atoms with Crippen molar-refractivity contribution in [2.24, 2.45) is 0 Å². The summed E-state index contributed by atoms with van der Waals surface area (Å²) in [7, 11) is -3.27. The number of halogens is 1. The first-order chi connectivity index (χ1) is 12.1. The fourth-order valence-electron chi connectivity index (χ4n) is 2.49. The molecule has 0 bridgehead atoms. The van der Waals surface area contributed by atoms with Crippen LogP contribution < -0.4 is 0 Å². The minimum atomic E-state index is -3.27. The lowest BCUT2D eigenvalue weighted by atomic mass is 9.97. The van der Waals surface area contributed by atoms with Crippen LogP contribution in [0.25, 0.3) is 22.6 Å². The lowest BCUT2D eigenvalue weighted by molar-refractivity contribution is 0.399. The van der Waals surface area contributed by atoms with E-state index < -0.39 is 9.84 Å². The third-order valence-electron chi connectivity index (χ3n) is 3.93. The number of nitrogens with zero attached hydrogens (tertiary/aromatic N) is 1. The maximum Gasteiger partial charge on any atom is 0.200 e. The van der Waals surface area contributed by atoms with E-state index in [-0.39, 0.29) is 16.1 Å². The van der Waals surface area contributed by atoms with E-state index in [9.17, 15) is 12.8 Å². The van der Waals surface area contributed by atoms with E-state index in [0.717, 1.165) is 11.8 Å². The molecule has 0 unspecified atom stereocenters. The van der Waals surface area contributed by atoms with Gasteiger partial charge in [-0.1, -0.05) is 20.8 Å². The highest BCUT2D eigenvalue weighted by Crippen LogP contribution is 2.36. The van der Waals surface area contributed by atoms with Crippen molar-refractivity contribution < 1.29 is 17.2 Å². The number of hydrogen-bond acceptors (Lipinski definition) is 4. The quantitative estimate of drug-likeness (QED) is 0.658. The van der Waals surface area contributed by atoms with Crippen LogP contribution in [0.5, 0.6) is 0 Å². The molecule has 0 aliphatic rings. The fourth-order valence-corrected chi connectivity index (χ4v) is 3.12. The molecule has 2 aromatic carbocycles. The first kappa shape index (κ1) is 18.3. The van der Waals surface area contributed by atoms with Crippen molar-refractivity contribution >= 4 is 9.84 Å². The second-order valence-electron chi connectivity index (χ2n) is 7.25. The van der Waals surface area contributed by atoms with Crippen LogP contribution in [0.4, 0.5) is 4.39 Å². The molecule has 3 rings (SSSR count). The Bertz CT molecular complexity index is 1030. The smallest absolute Gasteiger partial charge is 0.200 e. The molecular weight excluding hydrogens is 353 g/mol. The second-order valence-corrected chi connectivity index (χ2v) is 9.27. The molecule has 0 saturated heterocycles. The van der Waals surface area contributed by atoms with Gasteiger partial charge in [-0.15, -0.1) is 0 Å². The molecular formula is C20H20FNO3S. The van der Waals surface area contributed by atoms with E-state index in [2.05, 4.69) is 4.98 Å². The van der Waals surface area contributed by atoms with Crippen molar-refractivity contribution in [2.45, 2.75) is 31.1 Å². The zero-order valence-electron chi connectivity index (χ0n) is 15.1. The Morgan fingerprint density at radius 3 is 1.96 bits per heavy atom. The Morgan fingerprint density at radius 2 is 1.46 bits per heavy atom. The lowest BCUT2D eigenvalue weighted by Crippen LogP contribution is -2.11. The molecule has 1 heterocycles. The Morgan fingerprint density at radius 1 is 0.923 bits per heavy atom. The van der Waals surface area contributed by atoms with Crippen molar-refractivity contribution in [3.63, 3.8) is 0 Å². The minimum absolute atomic E-state index is 0.236. The number of rotatable bonds is 3. The monoisotopic (exact) mass is 373 g/mol. The first-order valence-electron chi connectivity index (χ1n) is 8.13. The average Bonchev–Trinajstić information content (AvgIpc) is 3.00. The molecule has 1 aromatic heterocycles. The zero-order chi connectivity index (χ0) is 19.1. The van der Waals surface area contributed by atoms with E-state index >= 15 is 0 Å². The van der Waals surface area contributed by atoms with E-state index in [4.69, 9.17) is 4.42 Å². The highest BCUT2D eigenvalue weighted by Gasteiger charge is 2.25. The zero-order valence-corrected chi connectivity index (χ0v) is 15.9. The van der Waals surface area contributed by atoms with Gasteiger partial charge < -0.3 is 4.42 Å². The number of sulfone groups is 1. The van der Waals surface area contributed by atoms with Gasteiger partial charge in [0.2, 0.25) is 5.89 Å². The molecule has 26 heavy (non-hydrogen) atoms. The Balaban J connectivity index is 2.16. The van der Waals surface area contributed by atoms with Crippen LogP contribution >= 0.6 is 0 Å². The first-order valence-corrected chi connectivity index (χ1v) is 10.0. The van der Waals surface area contributed by atoms with Gasteiger partial charge >= 0.3 is 0 Å². The summed E-state index contributed by atoms with van der Waals surface area (Å²) in [6, 6.07) is 12.5. The highest BCUT2D eigenvalue weighted by atomic mass is 32.2. The summed E-state index contributed by atoms with van der Waals surface area (Å²) < 4.78 is 42.6. The molecule has 0 aliphatic heterocycles. The summed E-state index contributed by atoms with van der Waals surface area (Å²) in [5.74, 6) is 0.757. The topological polar surface area (TPSA) is 60.2 Å². The van der Waals surface area contributed by atoms with Gasteiger partial charge in [0, 0.05) is 22.8 Å². The molecule has 0 N–H and O–H groups in total. The molecule has 0 atom stereocenters. The number of aromatic nitrogens is 1. The van der Waals surface area contributed by atoms with E-state index in [1.54, 1.807) is 36.4 Å². The maximum absolute atomic E-state index is 13.3. The number of hydrogen-bond donors (Lipinski definition) is 0. The number of benzene rings is 2. The van der Waals surface area contributed by atoms with Crippen molar-refractivity contribution in [3.8, 4) is 22.6 Å². The van der Waals surface area contributed by atoms with Gasteiger partial charge in [0.1, 0.15) is 11.5 Å². The summed E-state index contributed by atoms with van der Waals surface area (Å²) in [5, 5.41) is 0. The van der Waals surface area contributed by atoms with Crippen molar-refractivity contribution in [3.05, 3.63) is 60.2 Å². The minimum Gasteiger partial charge on any atom is -0.439 e. The van der Waals surface area contributed by atoms with Crippen molar-refractivity contribution in [1.29, 1.82) is 0 Å². The molecule has 6 heteroatoms. The standard InChI is InChI=1S/C20H20FNO3S/c1-20(2,3)19-22-17(13-5-9-15(21)10-6-13)18(25-19)14-7-11-16(12-8-14)26(4,23)24/h5-12H,1-4H3. The third-order valence-corrected chi connectivity index (χ3v) is 5.06. The van der Waals surface area contributed by atoms with Gasteiger partial charge in [0.25, 0.3) is 0 Å². The molecule has 3 aromatic rings. The van der Waals surface area contributed by atoms with Crippen LogP contribution in [0, 0.1) is 5.82 Å². The average molecular weight is 373 g/mol. The summed E-state index contributed by atoms with van der Waals surface area (Å²) in [5.41, 5.74) is 1.73. The molecule has 4 nitrogen and oxygen atoms in total. The molecule has 136 valence electrons. The molecule has 0 radical (unpaired) electrons. The predicted octanol–water partition coefficient (Wildman–Crippen LogP) is 4.85. The largest absolute Gasteiger partial charge is 0.439 e. The summed E-state index contributed by atoms with van der Waals surface area (Å²) >= 11 is 0. The van der Waals surface area contributed by atoms with E-state index in [1.807, 2.05) is 20.8 Å².